The number of nitrogens with zero attached hydrogens (tertiary/aromatic N) is 6. The van der Waals surface area contributed by atoms with Crippen molar-refractivity contribution in [3.8, 4) is 0 Å². The number of carbonyl (C=O) groups excluding carboxylic acids is 2. The van der Waals surface area contributed by atoms with E-state index in [2.05, 4.69) is 20.2 Å². The van der Waals surface area contributed by atoms with Crippen molar-refractivity contribution in [3.63, 3.8) is 0 Å². The van der Waals surface area contributed by atoms with Gasteiger partial charge in [-0.1, -0.05) is 34.5 Å². The SMILES string of the molecule is Cn1cc(C(=O)Nc2cc(F)c(CC(=O)N3C[C@@H](N4CCN([n+]5ccncc5)CC4)C[C@H]3COC3CCC(C(=O)O)CC3)cc2Cl)c2ccccc21. The van der Waals surface area contributed by atoms with Gasteiger partial charge >= 0.3 is 5.97 Å². The Labute approximate surface area is 306 Å². The van der Waals surface area contributed by atoms with Crippen molar-refractivity contribution < 1.29 is 33.3 Å². The number of carboxylic acid groups (broad SMARTS) is 1. The number of aromatic nitrogens is 3. The molecular formula is C38H44ClFN7O5+. The first-order valence-corrected chi connectivity index (χ1v) is 18.3. The summed E-state index contributed by atoms with van der Waals surface area (Å²) in [5.74, 6) is -2.36. The first-order valence-electron chi connectivity index (χ1n) is 17.9. The molecule has 0 spiro atoms. The lowest BCUT2D eigenvalue weighted by molar-refractivity contribution is -0.695. The number of anilines is 1. The summed E-state index contributed by atoms with van der Waals surface area (Å²) in [4.78, 5) is 47.0. The number of piperazine rings is 1. The van der Waals surface area contributed by atoms with Gasteiger partial charge in [-0.15, -0.1) is 0 Å². The van der Waals surface area contributed by atoms with Gasteiger partial charge < -0.3 is 24.6 Å². The molecule has 2 aromatic carbocycles. The third-order valence-electron chi connectivity index (χ3n) is 10.9. The van der Waals surface area contributed by atoms with Crippen molar-refractivity contribution in [2.45, 2.75) is 56.7 Å². The van der Waals surface area contributed by atoms with Gasteiger partial charge in [-0.25, -0.2) is 4.39 Å². The molecule has 274 valence electrons. The van der Waals surface area contributed by atoms with Crippen molar-refractivity contribution in [3.05, 3.63) is 89.3 Å². The third-order valence-corrected chi connectivity index (χ3v) is 11.2. The monoisotopic (exact) mass is 732 g/mol. The van der Waals surface area contributed by atoms with Crippen molar-refractivity contribution in [2.24, 2.45) is 13.0 Å². The van der Waals surface area contributed by atoms with Crippen LogP contribution in [0.15, 0.2) is 67.4 Å². The van der Waals surface area contributed by atoms with Crippen LogP contribution < -0.4 is 15.0 Å². The molecule has 4 aromatic rings. The van der Waals surface area contributed by atoms with Gasteiger partial charge in [0.2, 0.25) is 18.3 Å². The van der Waals surface area contributed by atoms with E-state index in [1.807, 2.05) is 57.8 Å². The summed E-state index contributed by atoms with van der Waals surface area (Å²) in [7, 11) is 1.85. The molecule has 12 nitrogen and oxygen atoms in total. The predicted octanol–water partition coefficient (Wildman–Crippen LogP) is 4.03. The van der Waals surface area contributed by atoms with Crippen LogP contribution in [0.4, 0.5) is 10.1 Å². The van der Waals surface area contributed by atoms with E-state index in [1.165, 1.54) is 12.1 Å². The second-order valence-electron chi connectivity index (χ2n) is 14.1. The molecule has 0 radical (unpaired) electrons. The molecule has 2 saturated heterocycles. The maximum Gasteiger partial charge on any atom is 0.306 e. The average molecular weight is 733 g/mol. The largest absolute Gasteiger partial charge is 0.481 e. The fraction of sp³-hybridized carbons (Fsp3) is 0.447. The smallest absolute Gasteiger partial charge is 0.306 e. The highest BCUT2D eigenvalue weighted by Crippen LogP contribution is 2.31. The number of carbonyl (C=O) groups is 3. The molecule has 2 amide bonds. The van der Waals surface area contributed by atoms with Gasteiger partial charge in [0.25, 0.3) is 5.91 Å². The number of rotatable bonds is 10. The van der Waals surface area contributed by atoms with Gasteiger partial charge in [-0.05, 0) is 55.9 Å². The summed E-state index contributed by atoms with van der Waals surface area (Å²) in [6, 6.07) is 10.0. The molecule has 2 aliphatic heterocycles. The van der Waals surface area contributed by atoms with E-state index in [0.29, 0.717) is 44.4 Å². The number of carboxylic acids is 1. The minimum absolute atomic E-state index is 0.0552. The summed E-state index contributed by atoms with van der Waals surface area (Å²) in [6.07, 6.45) is 12.1. The number of amides is 2. The summed E-state index contributed by atoms with van der Waals surface area (Å²) < 4.78 is 25.9. The highest BCUT2D eigenvalue weighted by molar-refractivity contribution is 6.34. The van der Waals surface area contributed by atoms with Crippen LogP contribution in [0, 0.1) is 11.7 Å². The number of para-hydroxylation sites is 1. The Balaban J connectivity index is 1.02. The zero-order valence-corrected chi connectivity index (χ0v) is 29.9. The van der Waals surface area contributed by atoms with E-state index < -0.39 is 17.7 Å². The molecule has 4 heterocycles. The Kier molecular flexibility index (Phi) is 10.7. The normalized spacial score (nSPS) is 22.5. The van der Waals surface area contributed by atoms with Crippen molar-refractivity contribution >= 4 is 46.0 Å². The maximum absolute atomic E-state index is 15.6. The Morgan fingerprint density at radius 1 is 1.06 bits per heavy atom. The number of hydrogen-bond acceptors (Lipinski definition) is 7. The number of fused-ring (bicyclic) bond motifs is 1. The molecule has 0 unspecified atom stereocenters. The van der Waals surface area contributed by atoms with Crippen LogP contribution >= 0.6 is 11.6 Å². The predicted molar refractivity (Wildman–Crippen MR) is 193 cm³/mol. The number of aliphatic carboxylic acids is 1. The third kappa shape index (κ3) is 7.76. The van der Waals surface area contributed by atoms with E-state index >= 15 is 4.39 Å². The van der Waals surface area contributed by atoms with Crippen molar-refractivity contribution in [2.75, 3.05) is 49.7 Å². The second-order valence-corrected chi connectivity index (χ2v) is 14.5. The zero-order valence-electron chi connectivity index (χ0n) is 29.2. The highest BCUT2D eigenvalue weighted by Gasteiger charge is 2.40. The standard InChI is InChI=1S/C38H43ClFN7O5/c1-43-23-31(30-4-2-3-5-35(30)43)37(49)42-34-21-33(40)26(18-32(34)39)19-36(48)47-22-27(44-14-16-46(17-15-44)45-12-10-41-11-13-45)20-28(47)24-52-29-8-6-25(7-9-29)38(50)51/h2-5,10-13,18,21,23,25,27-29H,6-9,14-17,19-20,22,24H2,1H3,(H-,42,49,50,51)/p+1/t25?,27-,28-,29?/m0/s1. The van der Waals surface area contributed by atoms with Crippen LogP contribution in [-0.4, -0.2) is 99.8 Å². The number of halogens is 2. The van der Waals surface area contributed by atoms with Gasteiger partial charge in [0.1, 0.15) is 5.82 Å². The number of ether oxygens (including phenoxy) is 1. The van der Waals surface area contributed by atoms with E-state index in [0.717, 1.165) is 43.5 Å². The molecule has 3 fully saturated rings. The minimum atomic E-state index is -0.760. The fourth-order valence-corrected chi connectivity index (χ4v) is 8.18. The van der Waals surface area contributed by atoms with Crippen molar-refractivity contribution in [1.82, 2.24) is 19.4 Å². The number of aryl methyl sites for hydroxylation is 1. The lowest BCUT2D eigenvalue weighted by Gasteiger charge is -2.35. The summed E-state index contributed by atoms with van der Waals surface area (Å²) in [5, 5.41) is 15.3. The Morgan fingerprint density at radius 2 is 1.79 bits per heavy atom. The van der Waals surface area contributed by atoms with Crippen molar-refractivity contribution in [1.29, 1.82) is 0 Å². The Hall–Kier alpha value is -4.59. The quantitative estimate of drug-likeness (QED) is 0.235. The number of likely N-dealkylation sites (tertiary alicyclic amines) is 1. The average Bonchev–Trinajstić information content (AvgIpc) is 3.75. The number of nitrogens with one attached hydrogen (secondary N) is 1. The van der Waals surface area contributed by atoms with Gasteiger partial charge in [-0.3, -0.25) is 24.3 Å². The second kappa shape index (κ2) is 15.6. The van der Waals surface area contributed by atoms with Crippen LogP contribution in [0.2, 0.25) is 5.02 Å². The van der Waals surface area contributed by atoms with Gasteiger partial charge in [0, 0.05) is 49.8 Å². The molecule has 7 rings (SSSR count). The van der Waals surface area contributed by atoms with Crippen LogP contribution in [-0.2, 0) is 27.8 Å². The molecule has 3 aliphatic rings. The molecule has 0 bridgehead atoms. The summed E-state index contributed by atoms with van der Waals surface area (Å²) in [5.41, 5.74) is 1.61. The minimum Gasteiger partial charge on any atom is -0.481 e. The molecule has 2 aromatic heterocycles. The summed E-state index contributed by atoms with van der Waals surface area (Å²) in [6.45, 7) is 4.12. The number of benzene rings is 2. The molecule has 52 heavy (non-hydrogen) atoms. The van der Waals surface area contributed by atoms with E-state index in [9.17, 15) is 19.5 Å². The highest BCUT2D eigenvalue weighted by atomic mass is 35.5. The first-order chi connectivity index (χ1) is 25.1. The lowest BCUT2D eigenvalue weighted by atomic mass is 9.87. The van der Waals surface area contributed by atoms with Gasteiger partial charge in [0.05, 0.1) is 72.8 Å². The maximum atomic E-state index is 15.6. The first kappa shape index (κ1) is 35.8. The summed E-state index contributed by atoms with van der Waals surface area (Å²) >= 11 is 6.59. The van der Waals surface area contributed by atoms with Crippen LogP contribution in [0.1, 0.15) is 48.0 Å². The topological polar surface area (TPSA) is 124 Å². The zero-order chi connectivity index (χ0) is 36.4. The Bertz CT molecular complexity index is 1930. The Morgan fingerprint density at radius 3 is 2.52 bits per heavy atom. The van der Waals surface area contributed by atoms with Crippen LogP contribution in [0.25, 0.3) is 10.9 Å². The van der Waals surface area contributed by atoms with Crippen LogP contribution in [0.5, 0.6) is 0 Å². The van der Waals surface area contributed by atoms with Gasteiger partial charge in [0.15, 0.2) is 0 Å². The number of hydrogen-bond donors (Lipinski definition) is 2. The van der Waals surface area contributed by atoms with Crippen LogP contribution in [0.3, 0.4) is 0 Å². The molecule has 2 N–H and O–H groups in total. The van der Waals surface area contributed by atoms with E-state index in [1.54, 1.807) is 18.6 Å². The molecule has 1 saturated carbocycles. The molecule has 1 aliphatic carbocycles. The molecule has 14 heteroatoms. The molecule has 2 atom stereocenters. The fourth-order valence-electron chi connectivity index (χ4n) is 7.95. The van der Waals surface area contributed by atoms with E-state index in [-0.39, 0.29) is 52.7 Å². The van der Waals surface area contributed by atoms with E-state index in [4.69, 9.17) is 16.3 Å². The lowest BCUT2D eigenvalue weighted by Crippen LogP contribution is -2.65. The molecular weight excluding hydrogens is 689 g/mol. The van der Waals surface area contributed by atoms with Gasteiger partial charge in [-0.2, -0.15) is 5.01 Å².